The fourth-order valence-electron chi connectivity index (χ4n) is 0.770. The summed E-state index contributed by atoms with van der Waals surface area (Å²) in [4.78, 5) is 32.7. The molecule has 0 unspecified atom stereocenters. The predicted molar refractivity (Wildman–Crippen MR) is 72.3 cm³/mol. The minimum Gasteiger partial charge on any atom is -0.385 e. The SMILES string of the molecule is CC(C)=O.COC(C)(OC)C(=O)OC(=O)C(C)(OC)OC. The van der Waals surface area contributed by atoms with Crippen LogP contribution in [0.25, 0.3) is 0 Å². The monoisotopic (exact) mass is 308 g/mol. The Morgan fingerprint density at radius 3 is 1.00 bits per heavy atom. The molecule has 21 heavy (non-hydrogen) atoms. The maximum absolute atomic E-state index is 11.6. The van der Waals surface area contributed by atoms with Gasteiger partial charge in [0.2, 0.25) is 0 Å². The number of methoxy groups -OCH3 is 4. The summed E-state index contributed by atoms with van der Waals surface area (Å²) in [7, 11) is 5.00. The predicted octanol–water partition coefficient (Wildman–Crippen LogP) is 0.669. The first-order valence-corrected chi connectivity index (χ1v) is 5.97. The number of hydrogen-bond acceptors (Lipinski definition) is 8. The lowest BCUT2D eigenvalue weighted by molar-refractivity contribution is -0.242. The van der Waals surface area contributed by atoms with Crippen LogP contribution in [0.3, 0.4) is 0 Å². The number of hydrogen-bond donors (Lipinski definition) is 0. The van der Waals surface area contributed by atoms with E-state index in [-0.39, 0.29) is 5.78 Å². The Kier molecular flexibility index (Phi) is 9.99. The third-order valence-corrected chi connectivity index (χ3v) is 2.49. The van der Waals surface area contributed by atoms with E-state index in [1.165, 1.54) is 56.1 Å². The van der Waals surface area contributed by atoms with Crippen LogP contribution < -0.4 is 0 Å². The van der Waals surface area contributed by atoms with Gasteiger partial charge in [-0.1, -0.05) is 0 Å². The molecule has 0 aromatic carbocycles. The average molecular weight is 308 g/mol. The lowest BCUT2D eigenvalue weighted by atomic mass is 10.3. The first-order valence-electron chi connectivity index (χ1n) is 5.97. The molecule has 0 bridgehead atoms. The van der Waals surface area contributed by atoms with Gasteiger partial charge in [0, 0.05) is 42.3 Å². The molecule has 0 aliphatic heterocycles. The second-order valence-corrected chi connectivity index (χ2v) is 4.29. The second kappa shape index (κ2) is 9.56. The zero-order valence-corrected chi connectivity index (χ0v) is 13.8. The standard InChI is InChI=1S/C10H18O7.C3H6O/c1-9(13-3,14-4)7(11)17-8(12)10(2,15-5)16-6;1-3(2)4/h1-6H3;1-2H3. The molecule has 0 aliphatic rings. The topological polar surface area (TPSA) is 97.4 Å². The van der Waals surface area contributed by atoms with Crippen LogP contribution in [0.2, 0.25) is 0 Å². The molecular formula is C13H24O8. The van der Waals surface area contributed by atoms with Crippen LogP contribution in [0.4, 0.5) is 0 Å². The number of esters is 2. The zero-order chi connectivity index (χ0) is 17.3. The molecule has 0 N–H and O–H groups in total. The Hall–Kier alpha value is -1.35. The second-order valence-electron chi connectivity index (χ2n) is 4.29. The van der Waals surface area contributed by atoms with Crippen LogP contribution in [0, 0.1) is 0 Å². The fraction of sp³-hybridized carbons (Fsp3) is 0.769. The summed E-state index contributed by atoms with van der Waals surface area (Å²) < 4.78 is 23.8. The highest BCUT2D eigenvalue weighted by atomic mass is 16.7. The van der Waals surface area contributed by atoms with Crippen molar-refractivity contribution in [2.24, 2.45) is 0 Å². The molecule has 0 fully saturated rings. The Labute approximate surface area is 124 Å². The Morgan fingerprint density at radius 2 is 0.857 bits per heavy atom. The molecule has 0 saturated heterocycles. The normalized spacial score (nSPS) is 11.2. The van der Waals surface area contributed by atoms with Gasteiger partial charge in [0.05, 0.1) is 0 Å². The number of Topliss-reactive ketones (excluding diaryl/α,β-unsaturated/α-hetero) is 1. The van der Waals surface area contributed by atoms with Gasteiger partial charge in [0.1, 0.15) is 5.78 Å². The van der Waals surface area contributed by atoms with Crippen molar-refractivity contribution in [2.45, 2.75) is 39.3 Å². The van der Waals surface area contributed by atoms with E-state index in [2.05, 4.69) is 4.74 Å². The Balaban J connectivity index is 0. The van der Waals surface area contributed by atoms with Crippen molar-refractivity contribution >= 4 is 17.7 Å². The quantitative estimate of drug-likeness (QED) is 0.401. The smallest absolute Gasteiger partial charge is 0.374 e. The summed E-state index contributed by atoms with van der Waals surface area (Å²) in [6.45, 7) is 5.69. The average Bonchev–Trinajstić information content (AvgIpc) is 2.44. The van der Waals surface area contributed by atoms with E-state index in [1.807, 2.05) is 0 Å². The number of carbonyl (C=O) groups is 3. The first-order chi connectivity index (χ1) is 9.52. The Morgan fingerprint density at radius 1 is 0.667 bits per heavy atom. The van der Waals surface area contributed by atoms with Crippen molar-refractivity contribution in [3.63, 3.8) is 0 Å². The van der Waals surface area contributed by atoms with Gasteiger partial charge in [-0.15, -0.1) is 0 Å². The molecule has 0 radical (unpaired) electrons. The molecule has 0 aliphatic carbocycles. The third-order valence-electron chi connectivity index (χ3n) is 2.49. The Bertz CT molecular complexity index is 323. The van der Waals surface area contributed by atoms with Gasteiger partial charge in [0.25, 0.3) is 11.6 Å². The highest BCUT2D eigenvalue weighted by molar-refractivity contribution is 5.92. The van der Waals surface area contributed by atoms with Crippen LogP contribution >= 0.6 is 0 Å². The van der Waals surface area contributed by atoms with Gasteiger partial charge in [-0.05, 0) is 13.8 Å². The molecule has 0 atom stereocenters. The molecule has 0 aromatic rings. The summed E-state index contributed by atoms with van der Waals surface area (Å²) in [6.07, 6.45) is 0. The van der Waals surface area contributed by atoms with Crippen molar-refractivity contribution in [2.75, 3.05) is 28.4 Å². The van der Waals surface area contributed by atoms with Crippen molar-refractivity contribution in [3.8, 4) is 0 Å². The molecule has 0 spiro atoms. The van der Waals surface area contributed by atoms with Gasteiger partial charge in [-0.2, -0.15) is 0 Å². The summed E-state index contributed by atoms with van der Waals surface area (Å²) in [6, 6.07) is 0. The van der Waals surface area contributed by atoms with Crippen LogP contribution in [0.5, 0.6) is 0 Å². The van der Waals surface area contributed by atoms with Gasteiger partial charge in [-0.3, -0.25) is 0 Å². The number of carbonyl (C=O) groups excluding carboxylic acids is 3. The van der Waals surface area contributed by atoms with Gasteiger partial charge in [-0.25, -0.2) is 9.59 Å². The summed E-state index contributed by atoms with van der Waals surface area (Å²) in [5.41, 5.74) is 0. The largest absolute Gasteiger partial charge is 0.385 e. The molecule has 124 valence electrons. The maximum atomic E-state index is 11.6. The molecule has 0 saturated carbocycles. The lowest BCUT2D eigenvalue weighted by Gasteiger charge is -2.27. The fourth-order valence-corrected chi connectivity index (χ4v) is 0.770. The van der Waals surface area contributed by atoms with Gasteiger partial charge in [0.15, 0.2) is 0 Å². The summed E-state index contributed by atoms with van der Waals surface area (Å²) in [5.74, 6) is -5.13. The van der Waals surface area contributed by atoms with Gasteiger partial charge < -0.3 is 28.5 Å². The van der Waals surface area contributed by atoms with E-state index in [0.29, 0.717) is 0 Å². The minimum absolute atomic E-state index is 0.167. The van der Waals surface area contributed by atoms with E-state index in [4.69, 9.17) is 18.9 Å². The number of ketones is 1. The molecule has 0 rings (SSSR count). The minimum atomic E-state index is -1.65. The van der Waals surface area contributed by atoms with E-state index in [0.717, 1.165) is 0 Å². The van der Waals surface area contributed by atoms with Gasteiger partial charge >= 0.3 is 11.9 Å². The highest BCUT2D eigenvalue weighted by Crippen LogP contribution is 2.17. The number of ether oxygens (including phenoxy) is 5. The van der Waals surface area contributed by atoms with E-state index >= 15 is 0 Å². The molecule has 0 amide bonds. The maximum Gasteiger partial charge on any atom is 0.374 e. The van der Waals surface area contributed by atoms with Crippen LogP contribution in [0.1, 0.15) is 27.7 Å². The van der Waals surface area contributed by atoms with Crippen LogP contribution in [-0.4, -0.2) is 57.7 Å². The van der Waals surface area contributed by atoms with Crippen molar-refractivity contribution < 1.29 is 38.1 Å². The van der Waals surface area contributed by atoms with Crippen LogP contribution in [0.15, 0.2) is 0 Å². The molecule has 0 aromatic heterocycles. The number of rotatable bonds is 6. The van der Waals surface area contributed by atoms with E-state index in [9.17, 15) is 14.4 Å². The van der Waals surface area contributed by atoms with Crippen molar-refractivity contribution in [1.82, 2.24) is 0 Å². The zero-order valence-electron chi connectivity index (χ0n) is 13.8. The first kappa shape index (κ1) is 21.9. The van der Waals surface area contributed by atoms with E-state index in [1.54, 1.807) is 0 Å². The highest BCUT2D eigenvalue weighted by Gasteiger charge is 2.42. The summed E-state index contributed by atoms with van der Waals surface area (Å²) >= 11 is 0. The molecule has 0 heterocycles. The molecule has 8 heteroatoms. The lowest BCUT2D eigenvalue weighted by Crippen LogP contribution is -2.47. The molecule has 8 nitrogen and oxygen atoms in total. The molecular weight excluding hydrogens is 284 g/mol. The summed E-state index contributed by atoms with van der Waals surface area (Å²) in [5, 5.41) is 0. The van der Waals surface area contributed by atoms with Crippen molar-refractivity contribution in [3.05, 3.63) is 0 Å². The van der Waals surface area contributed by atoms with Crippen LogP contribution in [-0.2, 0) is 38.1 Å². The van der Waals surface area contributed by atoms with E-state index < -0.39 is 23.5 Å². The van der Waals surface area contributed by atoms with Crippen molar-refractivity contribution in [1.29, 1.82) is 0 Å². The third kappa shape index (κ3) is 7.28.